The molecule has 0 aromatic rings. The molecule has 1 rings (SSSR count). The van der Waals surface area contributed by atoms with Crippen molar-refractivity contribution in [1.82, 2.24) is 9.80 Å². The molecule has 19 heavy (non-hydrogen) atoms. The minimum absolute atomic E-state index is 0.0246. The number of unbranched alkanes of at least 4 members (excludes halogenated alkanes) is 1. The highest BCUT2D eigenvalue weighted by Crippen LogP contribution is 2.24. The largest absolute Gasteiger partial charge is 0.332 e. The Morgan fingerprint density at radius 2 is 2.11 bits per heavy atom. The maximum atomic E-state index is 12.2. The van der Waals surface area contributed by atoms with Crippen LogP contribution < -0.4 is 0 Å². The van der Waals surface area contributed by atoms with Gasteiger partial charge in [-0.2, -0.15) is 0 Å². The van der Waals surface area contributed by atoms with Gasteiger partial charge in [0.15, 0.2) is 0 Å². The number of hydrogen-bond donors (Lipinski definition) is 0. The van der Waals surface area contributed by atoms with Crippen LogP contribution in [0.1, 0.15) is 47.0 Å². The highest BCUT2D eigenvalue weighted by Gasteiger charge is 2.40. The minimum atomic E-state index is -0.314. The van der Waals surface area contributed by atoms with Crippen LogP contribution in [0, 0.1) is 12.3 Å². The number of nitrogens with zero attached hydrogens (tertiary/aromatic N) is 2. The fourth-order valence-corrected chi connectivity index (χ4v) is 2.84. The van der Waals surface area contributed by atoms with Gasteiger partial charge in [0.25, 0.3) is 0 Å². The molecule has 0 saturated carbocycles. The lowest BCUT2D eigenvalue weighted by molar-refractivity contribution is -0.155. The molecule has 0 atom stereocenters. The second-order valence-electron chi connectivity index (χ2n) is 5.98. The smallest absolute Gasteiger partial charge is 0.242 e. The molecule has 4 nitrogen and oxygen atoms in total. The van der Waals surface area contributed by atoms with E-state index < -0.39 is 0 Å². The van der Waals surface area contributed by atoms with E-state index in [1.165, 1.54) is 0 Å². The van der Waals surface area contributed by atoms with Crippen molar-refractivity contribution >= 4 is 11.8 Å². The molecule has 0 unspecified atom stereocenters. The van der Waals surface area contributed by atoms with Gasteiger partial charge in [-0.05, 0) is 34.1 Å². The summed E-state index contributed by atoms with van der Waals surface area (Å²) in [6, 6.07) is 0.154. The van der Waals surface area contributed by atoms with Gasteiger partial charge in [0.05, 0.1) is 12.1 Å². The Balaban J connectivity index is 2.70. The first-order valence-electron chi connectivity index (χ1n) is 6.83. The van der Waals surface area contributed by atoms with E-state index in [1.54, 1.807) is 4.90 Å². The average Bonchev–Trinajstić information content (AvgIpc) is 2.26. The highest BCUT2D eigenvalue weighted by molar-refractivity contribution is 5.87. The summed E-state index contributed by atoms with van der Waals surface area (Å²) in [5.74, 6) is 2.58. The first kappa shape index (κ1) is 15.6. The first-order valence-corrected chi connectivity index (χ1v) is 6.83. The summed E-state index contributed by atoms with van der Waals surface area (Å²) < 4.78 is 0. The molecule has 0 bridgehead atoms. The van der Waals surface area contributed by atoms with E-state index >= 15 is 0 Å². The predicted octanol–water partition coefficient (Wildman–Crippen LogP) is 1.65. The number of hydrogen-bond acceptors (Lipinski definition) is 2. The molecule has 0 aromatic heterocycles. The standard InChI is InChI=1S/C15H24N2O2/c1-6-7-8-9-13(18)16-10-14(19)17(12(2)3)15(4,5)11-16/h1,12H,7-11H2,2-5H3. The van der Waals surface area contributed by atoms with Crippen LogP contribution in [0.5, 0.6) is 0 Å². The Bertz CT molecular complexity index is 393. The van der Waals surface area contributed by atoms with Crippen LogP contribution in [0.25, 0.3) is 0 Å². The second-order valence-corrected chi connectivity index (χ2v) is 5.98. The third-order valence-electron chi connectivity index (χ3n) is 3.41. The van der Waals surface area contributed by atoms with Gasteiger partial charge in [0.2, 0.25) is 11.8 Å². The fourth-order valence-electron chi connectivity index (χ4n) is 2.84. The van der Waals surface area contributed by atoms with Gasteiger partial charge in [-0.25, -0.2) is 0 Å². The molecule has 1 aliphatic rings. The summed E-state index contributed by atoms with van der Waals surface area (Å²) in [6.45, 7) is 8.80. The zero-order valence-electron chi connectivity index (χ0n) is 12.4. The molecule has 1 saturated heterocycles. The van der Waals surface area contributed by atoms with Crippen molar-refractivity contribution in [3.8, 4) is 12.3 Å². The van der Waals surface area contributed by atoms with Gasteiger partial charge >= 0.3 is 0 Å². The van der Waals surface area contributed by atoms with Crippen LogP contribution in [-0.2, 0) is 9.59 Å². The molecule has 1 fully saturated rings. The SMILES string of the molecule is C#CCCCC(=O)N1CC(=O)N(C(C)C)C(C)(C)C1. The topological polar surface area (TPSA) is 40.6 Å². The third kappa shape index (κ3) is 3.73. The van der Waals surface area contributed by atoms with E-state index in [0.717, 1.165) is 0 Å². The summed E-state index contributed by atoms with van der Waals surface area (Å²) in [6.07, 6.45) is 6.89. The van der Waals surface area contributed by atoms with Crippen molar-refractivity contribution in [2.75, 3.05) is 13.1 Å². The molecule has 2 amide bonds. The van der Waals surface area contributed by atoms with Crippen molar-refractivity contribution in [3.05, 3.63) is 0 Å². The van der Waals surface area contributed by atoms with Crippen molar-refractivity contribution in [3.63, 3.8) is 0 Å². The highest BCUT2D eigenvalue weighted by atomic mass is 16.2. The summed E-state index contributed by atoms with van der Waals surface area (Å²) in [4.78, 5) is 27.8. The van der Waals surface area contributed by atoms with Crippen molar-refractivity contribution in [1.29, 1.82) is 0 Å². The number of piperazine rings is 1. The Morgan fingerprint density at radius 1 is 1.47 bits per heavy atom. The van der Waals surface area contributed by atoms with E-state index in [-0.39, 0.29) is 29.9 Å². The number of rotatable bonds is 4. The molecule has 0 aromatic carbocycles. The zero-order valence-corrected chi connectivity index (χ0v) is 12.4. The van der Waals surface area contributed by atoms with Gasteiger partial charge < -0.3 is 9.80 Å². The molecular weight excluding hydrogens is 240 g/mol. The molecule has 0 aliphatic carbocycles. The number of carbonyl (C=O) groups is 2. The summed E-state index contributed by atoms with van der Waals surface area (Å²) in [7, 11) is 0. The van der Waals surface area contributed by atoms with Gasteiger partial charge in [-0.15, -0.1) is 12.3 Å². The van der Waals surface area contributed by atoms with Crippen LogP contribution in [0.15, 0.2) is 0 Å². The maximum absolute atomic E-state index is 12.2. The van der Waals surface area contributed by atoms with E-state index in [1.807, 2.05) is 32.6 Å². The molecule has 1 aliphatic heterocycles. The molecule has 0 radical (unpaired) electrons. The van der Waals surface area contributed by atoms with Gasteiger partial charge in [0.1, 0.15) is 0 Å². The van der Waals surface area contributed by atoms with Crippen molar-refractivity contribution in [2.45, 2.75) is 58.5 Å². The first-order chi connectivity index (χ1) is 8.79. The Kier molecular flexibility index (Phi) is 4.99. The van der Waals surface area contributed by atoms with Crippen LogP contribution in [0.2, 0.25) is 0 Å². The number of carbonyl (C=O) groups excluding carboxylic acids is 2. The monoisotopic (exact) mass is 264 g/mol. The molecule has 0 N–H and O–H groups in total. The lowest BCUT2D eigenvalue weighted by Gasteiger charge is -2.48. The van der Waals surface area contributed by atoms with Crippen molar-refractivity contribution in [2.24, 2.45) is 0 Å². The lowest BCUT2D eigenvalue weighted by atomic mass is 9.96. The lowest BCUT2D eigenvalue weighted by Crippen LogP contribution is -2.64. The Hall–Kier alpha value is -1.50. The predicted molar refractivity (Wildman–Crippen MR) is 75.3 cm³/mol. The van der Waals surface area contributed by atoms with Gasteiger partial charge in [-0.1, -0.05) is 0 Å². The average molecular weight is 264 g/mol. The van der Waals surface area contributed by atoms with Crippen LogP contribution in [0.3, 0.4) is 0 Å². The Morgan fingerprint density at radius 3 is 2.58 bits per heavy atom. The van der Waals surface area contributed by atoms with E-state index in [4.69, 9.17) is 6.42 Å². The molecule has 0 spiro atoms. The van der Waals surface area contributed by atoms with E-state index in [0.29, 0.717) is 25.8 Å². The van der Waals surface area contributed by atoms with Crippen molar-refractivity contribution < 1.29 is 9.59 Å². The van der Waals surface area contributed by atoms with Crippen LogP contribution in [-0.4, -0.2) is 46.3 Å². The maximum Gasteiger partial charge on any atom is 0.242 e. The number of terminal acetylenes is 1. The van der Waals surface area contributed by atoms with Gasteiger partial charge in [-0.3, -0.25) is 9.59 Å². The van der Waals surface area contributed by atoms with E-state index in [2.05, 4.69) is 5.92 Å². The Labute approximate surface area is 116 Å². The summed E-state index contributed by atoms with van der Waals surface area (Å²) in [5, 5.41) is 0. The normalized spacial score (nSPS) is 18.6. The second kappa shape index (κ2) is 6.10. The van der Waals surface area contributed by atoms with Crippen LogP contribution in [0.4, 0.5) is 0 Å². The molecular formula is C15H24N2O2. The molecule has 1 heterocycles. The van der Waals surface area contributed by atoms with Gasteiger partial charge in [0, 0.05) is 25.4 Å². The summed E-state index contributed by atoms with van der Waals surface area (Å²) in [5.41, 5.74) is -0.314. The minimum Gasteiger partial charge on any atom is -0.332 e. The summed E-state index contributed by atoms with van der Waals surface area (Å²) >= 11 is 0. The fraction of sp³-hybridized carbons (Fsp3) is 0.733. The third-order valence-corrected chi connectivity index (χ3v) is 3.41. The quantitative estimate of drug-likeness (QED) is 0.572. The van der Waals surface area contributed by atoms with E-state index in [9.17, 15) is 9.59 Å². The molecule has 106 valence electrons. The molecule has 4 heteroatoms. The van der Waals surface area contributed by atoms with Crippen LogP contribution >= 0.6 is 0 Å². The zero-order chi connectivity index (χ0) is 14.6. The number of amides is 2.